The molecule has 0 aliphatic rings. The van der Waals surface area contributed by atoms with E-state index < -0.39 is 33.8 Å². The van der Waals surface area contributed by atoms with Crippen LogP contribution in [0, 0.1) is 0 Å². The number of hydrogen-bond donors (Lipinski definition) is 2. The van der Waals surface area contributed by atoms with Gasteiger partial charge < -0.3 is 19.9 Å². The maximum Gasteiger partial charge on any atom is 0.408 e. The first-order valence-electron chi connectivity index (χ1n) is 7.67. The second kappa shape index (κ2) is 8.86. The summed E-state index contributed by atoms with van der Waals surface area (Å²) in [5.74, 6) is -0.849. The standard InChI is InChI=1S/C16H23NO8S/c1-16(2,3)25-15(20)17-13(14(18)19)11-5-7-12(8-6-11)23-9-10-24-26(4,21)22/h5-8,13H,9-10H2,1-4H3,(H,17,20)(H,18,19)/t13-/m1/s1. The molecule has 0 fully saturated rings. The van der Waals surface area contributed by atoms with E-state index >= 15 is 0 Å². The Morgan fingerprint density at radius 3 is 2.19 bits per heavy atom. The highest BCUT2D eigenvalue weighted by molar-refractivity contribution is 7.85. The molecule has 10 heteroatoms. The number of carboxylic acid groups (broad SMARTS) is 1. The average molecular weight is 389 g/mol. The third-order valence-electron chi connectivity index (χ3n) is 2.77. The Kier molecular flexibility index (Phi) is 7.40. The molecule has 1 atom stereocenters. The first kappa shape index (κ1) is 21.7. The molecular weight excluding hydrogens is 366 g/mol. The van der Waals surface area contributed by atoms with E-state index in [4.69, 9.17) is 9.47 Å². The largest absolute Gasteiger partial charge is 0.491 e. The Labute approximate surface area is 152 Å². The molecule has 1 aromatic carbocycles. The smallest absolute Gasteiger partial charge is 0.408 e. The molecule has 1 aromatic rings. The second-order valence-electron chi connectivity index (χ2n) is 6.36. The van der Waals surface area contributed by atoms with Crippen LogP contribution in [0.25, 0.3) is 0 Å². The molecule has 0 aliphatic carbocycles. The molecule has 1 amide bonds. The summed E-state index contributed by atoms with van der Waals surface area (Å²) in [5, 5.41) is 11.6. The Hall–Kier alpha value is -2.33. The molecule has 9 nitrogen and oxygen atoms in total. The number of aliphatic carboxylic acids is 1. The van der Waals surface area contributed by atoms with E-state index in [9.17, 15) is 23.1 Å². The molecule has 0 bridgehead atoms. The summed E-state index contributed by atoms with van der Waals surface area (Å²) in [6.07, 6.45) is 0.0917. The first-order chi connectivity index (χ1) is 11.9. The molecule has 1 rings (SSSR count). The quantitative estimate of drug-likeness (QED) is 0.508. The number of benzene rings is 1. The van der Waals surface area contributed by atoms with Crippen LogP contribution in [0.2, 0.25) is 0 Å². The van der Waals surface area contributed by atoms with Gasteiger partial charge in [0.1, 0.15) is 24.6 Å². The molecular formula is C16H23NO8S. The van der Waals surface area contributed by atoms with Crippen LogP contribution in [0.4, 0.5) is 4.79 Å². The highest BCUT2D eigenvalue weighted by Gasteiger charge is 2.25. The molecule has 0 saturated carbocycles. The summed E-state index contributed by atoms with van der Waals surface area (Å²) < 4.78 is 36.5. The van der Waals surface area contributed by atoms with Gasteiger partial charge in [-0.25, -0.2) is 9.59 Å². The zero-order valence-corrected chi connectivity index (χ0v) is 15.8. The third-order valence-corrected chi connectivity index (χ3v) is 3.37. The zero-order valence-electron chi connectivity index (χ0n) is 15.0. The third kappa shape index (κ3) is 8.67. The summed E-state index contributed by atoms with van der Waals surface area (Å²) in [6.45, 7) is 4.87. The van der Waals surface area contributed by atoms with Crippen molar-refractivity contribution >= 4 is 22.2 Å². The van der Waals surface area contributed by atoms with Gasteiger partial charge in [-0.05, 0) is 38.5 Å². The number of alkyl carbamates (subject to hydrolysis) is 1. The number of carbonyl (C=O) groups excluding carboxylic acids is 1. The summed E-state index contributed by atoms with van der Waals surface area (Å²) >= 11 is 0. The van der Waals surface area contributed by atoms with Crippen molar-refractivity contribution in [3.8, 4) is 5.75 Å². The number of nitrogens with one attached hydrogen (secondary N) is 1. The summed E-state index contributed by atoms with van der Waals surface area (Å²) in [4.78, 5) is 23.2. The lowest BCUT2D eigenvalue weighted by atomic mass is 10.1. The van der Waals surface area contributed by atoms with Gasteiger partial charge >= 0.3 is 12.1 Å². The van der Waals surface area contributed by atoms with Crippen molar-refractivity contribution in [1.29, 1.82) is 0 Å². The molecule has 0 aliphatic heterocycles. The topological polar surface area (TPSA) is 128 Å². The van der Waals surface area contributed by atoms with Crippen molar-refractivity contribution in [2.45, 2.75) is 32.4 Å². The first-order valence-corrected chi connectivity index (χ1v) is 9.48. The van der Waals surface area contributed by atoms with Crippen LogP contribution in [0.5, 0.6) is 5.75 Å². The minimum absolute atomic E-state index is 0.00490. The number of carboxylic acids is 1. The van der Waals surface area contributed by atoms with Gasteiger partial charge in [0.05, 0.1) is 6.26 Å². The van der Waals surface area contributed by atoms with Crippen LogP contribution in [0.15, 0.2) is 24.3 Å². The van der Waals surface area contributed by atoms with Crippen LogP contribution in [-0.2, 0) is 23.8 Å². The van der Waals surface area contributed by atoms with E-state index in [2.05, 4.69) is 9.50 Å². The molecule has 0 spiro atoms. The molecule has 0 radical (unpaired) electrons. The van der Waals surface area contributed by atoms with E-state index in [0.717, 1.165) is 6.26 Å². The molecule has 0 heterocycles. The minimum atomic E-state index is -3.53. The Morgan fingerprint density at radius 1 is 1.15 bits per heavy atom. The van der Waals surface area contributed by atoms with Crippen molar-refractivity contribution in [3.63, 3.8) is 0 Å². The number of amides is 1. The van der Waals surface area contributed by atoms with Crippen molar-refractivity contribution < 1.29 is 36.8 Å². The molecule has 0 saturated heterocycles. The SMILES string of the molecule is CC(C)(C)OC(=O)N[C@@H](C(=O)O)c1ccc(OCCOS(C)(=O)=O)cc1. The van der Waals surface area contributed by atoms with Crippen LogP contribution < -0.4 is 10.1 Å². The van der Waals surface area contributed by atoms with Gasteiger partial charge in [0.2, 0.25) is 0 Å². The Balaban J connectivity index is 2.67. The zero-order chi connectivity index (χ0) is 20.0. The number of hydrogen-bond acceptors (Lipinski definition) is 7. The lowest BCUT2D eigenvalue weighted by molar-refractivity contribution is -0.139. The van der Waals surface area contributed by atoms with Gasteiger partial charge in [0, 0.05) is 0 Å². The molecule has 0 aromatic heterocycles. The van der Waals surface area contributed by atoms with E-state index in [1.165, 1.54) is 24.3 Å². The van der Waals surface area contributed by atoms with Crippen molar-refractivity contribution in [1.82, 2.24) is 5.32 Å². The Morgan fingerprint density at radius 2 is 1.73 bits per heavy atom. The monoisotopic (exact) mass is 389 g/mol. The van der Waals surface area contributed by atoms with Crippen molar-refractivity contribution in [3.05, 3.63) is 29.8 Å². The fourth-order valence-corrected chi connectivity index (χ4v) is 2.19. The average Bonchev–Trinajstić information content (AvgIpc) is 2.47. The van der Waals surface area contributed by atoms with Gasteiger partial charge in [-0.2, -0.15) is 8.42 Å². The number of rotatable bonds is 8. The predicted octanol–water partition coefficient (Wildman–Crippen LogP) is 1.69. The fourth-order valence-electron chi connectivity index (χ4n) is 1.81. The maximum absolute atomic E-state index is 11.8. The van der Waals surface area contributed by atoms with E-state index in [0.29, 0.717) is 11.3 Å². The van der Waals surface area contributed by atoms with Crippen LogP contribution in [0.3, 0.4) is 0 Å². The molecule has 26 heavy (non-hydrogen) atoms. The lowest BCUT2D eigenvalue weighted by Crippen LogP contribution is -2.38. The van der Waals surface area contributed by atoms with Gasteiger partial charge in [-0.15, -0.1) is 0 Å². The summed E-state index contributed by atoms with van der Waals surface area (Å²) in [5.41, 5.74) is -0.429. The highest BCUT2D eigenvalue weighted by Crippen LogP contribution is 2.19. The second-order valence-corrected chi connectivity index (χ2v) is 8.01. The van der Waals surface area contributed by atoms with Crippen LogP contribution in [0.1, 0.15) is 32.4 Å². The molecule has 2 N–H and O–H groups in total. The van der Waals surface area contributed by atoms with E-state index in [-0.39, 0.29) is 13.2 Å². The number of carbonyl (C=O) groups is 2. The number of ether oxygens (including phenoxy) is 2. The highest BCUT2D eigenvalue weighted by atomic mass is 32.2. The Bertz CT molecular complexity index is 722. The normalized spacial score (nSPS) is 12.9. The van der Waals surface area contributed by atoms with Gasteiger partial charge in [-0.3, -0.25) is 4.18 Å². The lowest BCUT2D eigenvalue weighted by Gasteiger charge is -2.22. The van der Waals surface area contributed by atoms with Gasteiger partial charge in [-0.1, -0.05) is 12.1 Å². The van der Waals surface area contributed by atoms with Crippen LogP contribution in [-0.4, -0.2) is 50.7 Å². The van der Waals surface area contributed by atoms with Crippen molar-refractivity contribution in [2.75, 3.05) is 19.5 Å². The molecule has 0 unspecified atom stereocenters. The maximum atomic E-state index is 11.8. The van der Waals surface area contributed by atoms with Gasteiger partial charge in [0.25, 0.3) is 10.1 Å². The van der Waals surface area contributed by atoms with Crippen LogP contribution >= 0.6 is 0 Å². The predicted molar refractivity (Wildman–Crippen MR) is 92.5 cm³/mol. The van der Waals surface area contributed by atoms with E-state index in [1.54, 1.807) is 20.8 Å². The fraction of sp³-hybridized carbons (Fsp3) is 0.500. The summed E-state index contributed by atoms with van der Waals surface area (Å²) in [7, 11) is -3.53. The van der Waals surface area contributed by atoms with Gasteiger partial charge in [0.15, 0.2) is 6.04 Å². The van der Waals surface area contributed by atoms with E-state index in [1.807, 2.05) is 0 Å². The minimum Gasteiger partial charge on any atom is -0.491 e. The molecule has 146 valence electrons. The van der Waals surface area contributed by atoms with Crippen molar-refractivity contribution in [2.24, 2.45) is 0 Å². The summed E-state index contributed by atoms with van der Waals surface area (Å²) in [6, 6.07) is 4.67.